The van der Waals surface area contributed by atoms with E-state index in [0.29, 0.717) is 32.5 Å². The summed E-state index contributed by atoms with van der Waals surface area (Å²) in [6, 6.07) is 12.5. The number of pyridine rings is 1. The minimum Gasteiger partial charge on any atom is -0.392 e. The molecule has 3 heterocycles. The van der Waals surface area contributed by atoms with Crippen molar-refractivity contribution in [1.29, 1.82) is 0 Å². The number of benzene rings is 3. The molecule has 0 spiro atoms. The minimum absolute atomic E-state index is 0.0133. The Labute approximate surface area is 297 Å². The quantitative estimate of drug-likeness (QED) is 0.192. The fourth-order valence-electron chi connectivity index (χ4n) is 7.19. The molecule has 2 atom stereocenters. The van der Waals surface area contributed by atoms with Gasteiger partial charge in [-0.25, -0.2) is 13.4 Å². The highest BCUT2D eigenvalue weighted by Gasteiger charge is 2.43. The van der Waals surface area contributed by atoms with Crippen molar-refractivity contribution < 1.29 is 44.7 Å². The van der Waals surface area contributed by atoms with Crippen LogP contribution in [-0.4, -0.2) is 85.0 Å². The van der Waals surface area contributed by atoms with E-state index in [2.05, 4.69) is 15.2 Å². The van der Waals surface area contributed by atoms with E-state index in [4.69, 9.17) is 0 Å². The standard InChI is InChI=1S/C37H38F6N4O4S/c1-52(50,51)28-12-13-31-29(20-28)32(35(49)45-34(37(41,42)43)23-7-3-2-4-8-23)30(33(44-31)24-9-5-10-25(19-24)36(38,39)40)22-46-17-14-26(15-18-46)47-16-6-11-27(48)21-47/h2-5,7-10,12-13,19-20,26-27,34,48H,6,11,14-18,21-22H2,1H3,(H,45,49)/t27?,34-/m1/s1. The van der Waals surface area contributed by atoms with E-state index in [1.807, 2.05) is 4.90 Å². The maximum atomic E-state index is 14.6. The zero-order chi connectivity index (χ0) is 37.4. The molecule has 2 fully saturated rings. The lowest BCUT2D eigenvalue weighted by Crippen LogP contribution is -2.49. The number of alkyl halides is 6. The SMILES string of the molecule is CS(=O)(=O)c1ccc2nc(-c3cccc(C(F)(F)F)c3)c(CN3CCC(N4CCCC(O)C4)CC3)c(C(=O)N[C@H](c3ccccc3)C(F)(F)F)c2c1. The number of aromatic nitrogens is 1. The Balaban J connectivity index is 1.51. The average molecular weight is 749 g/mol. The molecule has 2 saturated heterocycles. The van der Waals surface area contributed by atoms with Gasteiger partial charge in [0.1, 0.15) is 0 Å². The molecule has 52 heavy (non-hydrogen) atoms. The van der Waals surface area contributed by atoms with Crippen molar-refractivity contribution in [2.75, 3.05) is 32.4 Å². The second-order valence-electron chi connectivity index (χ2n) is 13.5. The number of piperidine rings is 2. The number of halogens is 6. The molecule has 2 N–H and O–H groups in total. The van der Waals surface area contributed by atoms with Crippen molar-refractivity contribution in [3.05, 3.63) is 95.1 Å². The zero-order valence-electron chi connectivity index (χ0n) is 28.2. The number of fused-ring (bicyclic) bond motifs is 1. The van der Waals surface area contributed by atoms with Crippen LogP contribution in [0.5, 0.6) is 0 Å². The van der Waals surface area contributed by atoms with Gasteiger partial charge in [-0.15, -0.1) is 0 Å². The van der Waals surface area contributed by atoms with Crippen LogP contribution in [0.4, 0.5) is 26.3 Å². The van der Waals surface area contributed by atoms with Gasteiger partial charge in [0.2, 0.25) is 0 Å². The van der Waals surface area contributed by atoms with Gasteiger partial charge in [-0.2, -0.15) is 26.3 Å². The Hall–Kier alpha value is -4.05. The maximum absolute atomic E-state index is 14.6. The van der Waals surface area contributed by atoms with Gasteiger partial charge in [-0.3, -0.25) is 14.6 Å². The van der Waals surface area contributed by atoms with Crippen LogP contribution in [0.3, 0.4) is 0 Å². The summed E-state index contributed by atoms with van der Waals surface area (Å²) in [6.07, 6.45) is -6.19. The molecule has 15 heteroatoms. The molecule has 8 nitrogen and oxygen atoms in total. The molecule has 4 aromatic rings. The Morgan fingerprint density at radius 2 is 1.65 bits per heavy atom. The van der Waals surface area contributed by atoms with E-state index in [9.17, 15) is 44.7 Å². The van der Waals surface area contributed by atoms with E-state index in [1.165, 1.54) is 60.7 Å². The van der Waals surface area contributed by atoms with Gasteiger partial charge in [-0.1, -0.05) is 42.5 Å². The Bertz CT molecular complexity index is 2030. The number of hydrogen-bond donors (Lipinski definition) is 2. The van der Waals surface area contributed by atoms with Gasteiger partial charge in [0.05, 0.1) is 33.3 Å². The molecule has 0 bridgehead atoms. The Morgan fingerprint density at radius 1 is 0.942 bits per heavy atom. The third-order valence-electron chi connectivity index (χ3n) is 9.79. The van der Waals surface area contributed by atoms with Crippen LogP contribution in [0.25, 0.3) is 22.2 Å². The van der Waals surface area contributed by atoms with E-state index in [-0.39, 0.29) is 56.3 Å². The van der Waals surface area contributed by atoms with Crippen LogP contribution < -0.4 is 5.32 Å². The van der Waals surface area contributed by atoms with Gasteiger partial charge >= 0.3 is 12.4 Å². The molecule has 2 aliphatic rings. The Kier molecular flexibility index (Phi) is 10.7. The van der Waals surface area contributed by atoms with E-state index < -0.39 is 45.8 Å². The number of hydrogen-bond acceptors (Lipinski definition) is 7. The molecule has 3 aromatic carbocycles. The number of amides is 1. The van der Waals surface area contributed by atoms with Crippen molar-refractivity contribution in [2.45, 2.75) is 67.7 Å². The summed E-state index contributed by atoms with van der Waals surface area (Å²) in [5.41, 5.74) is -1.52. The number of aliphatic hydroxyl groups excluding tert-OH is 1. The maximum Gasteiger partial charge on any atom is 0.416 e. The smallest absolute Gasteiger partial charge is 0.392 e. The number of carbonyl (C=O) groups excluding carboxylic acids is 1. The summed E-state index contributed by atoms with van der Waals surface area (Å²) in [5, 5.41) is 12.3. The molecule has 0 saturated carbocycles. The molecule has 0 radical (unpaired) electrons. The second kappa shape index (κ2) is 14.8. The van der Waals surface area contributed by atoms with E-state index >= 15 is 0 Å². The fraction of sp³-hybridized carbons (Fsp3) is 0.405. The molecule has 1 aromatic heterocycles. The molecular weight excluding hydrogens is 710 g/mol. The average Bonchev–Trinajstić information content (AvgIpc) is 3.09. The van der Waals surface area contributed by atoms with E-state index in [0.717, 1.165) is 37.8 Å². The number of nitrogens with zero attached hydrogens (tertiary/aromatic N) is 3. The number of likely N-dealkylation sites (tertiary alicyclic amines) is 2. The van der Waals surface area contributed by atoms with Crippen LogP contribution in [0.15, 0.2) is 77.7 Å². The van der Waals surface area contributed by atoms with Crippen molar-refractivity contribution in [2.24, 2.45) is 0 Å². The highest BCUT2D eigenvalue weighted by Crippen LogP contribution is 2.38. The molecule has 1 amide bonds. The predicted octanol–water partition coefficient (Wildman–Crippen LogP) is 6.78. The summed E-state index contributed by atoms with van der Waals surface area (Å²) < 4.78 is 111. The van der Waals surface area contributed by atoms with Crippen molar-refractivity contribution in [3.63, 3.8) is 0 Å². The third-order valence-corrected chi connectivity index (χ3v) is 10.9. The van der Waals surface area contributed by atoms with Crippen molar-refractivity contribution >= 4 is 26.6 Å². The van der Waals surface area contributed by atoms with Crippen LogP contribution in [0.2, 0.25) is 0 Å². The van der Waals surface area contributed by atoms with Crippen molar-refractivity contribution in [3.8, 4) is 11.3 Å². The summed E-state index contributed by atoms with van der Waals surface area (Å²) >= 11 is 0. The number of carbonyl (C=O) groups is 1. The molecule has 1 unspecified atom stereocenters. The first kappa shape index (κ1) is 37.7. The molecule has 278 valence electrons. The molecule has 6 rings (SSSR count). The number of nitrogens with one attached hydrogen (secondary N) is 1. The number of aliphatic hydroxyl groups is 1. The summed E-state index contributed by atoms with van der Waals surface area (Å²) in [6.45, 7) is 2.28. The molecular formula is C37H38F6N4O4S. The minimum atomic E-state index is -4.94. The van der Waals surface area contributed by atoms with Crippen LogP contribution in [0, 0.1) is 0 Å². The number of sulfone groups is 1. The van der Waals surface area contributed by atoms with Crippen LogP contribution in [0.1, 0.15) is 58.8 Å². The topological polar surface area (TPSA) is 103 Å². The van der Waals surface area contributed by atoms with Crippen LogP contribution in [-0.2, 0) is 22.6 Å². The molecule has 0 aliphatic carbocycles. The summed E-state index contributed by atoms with van der Waals surface area (Å²) in [7, 11) is -3.87. The predicted molar refractivity (Wildman–Crippen MR) is 183 cm³/mol. The van der Waals surface area contributed by atoms with Gasteiger partial charge in [0.15, 0.2) is 15.9 Å². The number of β-amino-alcohol motifs (C(OH)–C–C–N with tert-alkyl or cyclic N) is 1. The van der Waals surface area contributed by atoms with Crippen LogP contribution >= 0.6 is 0 Å². The lowest BCUT2D eigenvalue weighted by molar-refractivity contribution is -0.155. The van der Waals surface area contributed by atoms with Gasteiger partial charge < -0.3 is 10.4 Å². The fourth-order valence-corrected chi connectivity index (χ4v) is 7.84. The normalized spacial score (nSPS) is 19.1. The lowest BCUT2D eigenvalue weighted by Gasteiger charge is -2.41. The highest BCUT2D eigenvalue weighted by molar-refractivity contribution is 7.90. The summed E-state index contributed by atoms with van der Waals surface area (Å²) in [4.78, 5) is 23.0. The van der Waals surface area contributed by atoms with Gasteiger partial charge in [0.25, 0.3) is 5.91 Å². The first-order valence-corrected chi connectivity index (χ1v) is 18.8. The lowest BCUT2D eigenvalue weighted by atomic mass is 9.93. The monoisotopic (exact) mass is 748 g/mol. The zero-order valence-corrected chi connectivity index (χ0v) is 29.0. The second-order valence-corrected chi connectivity index (χ2v) is 15.5. The highest BCUT2D eigenvalue weighted by atomic mass is 32.2. The van der Waals surface area contributed by atoms with E-state index in [1.54, 1.807) is 0 Å². The van der Waals surface area contributed by atoms with Gasteiger partial charge in [-0.05, 0) is 81.2 Å². The Morgan fingerprint density at radius 3 is 2.29 bits per heavy atom. The van der Waals surface area contributed by atoms with Crippen molar-refractivity contribution in [1.82, 2.24) is 20.1 Å². The molecule has 2 aliphatic heterocycles. The first-order chi connectivity index (χ1) is 24.5. The third kappa shape index (κ3) is 8.43. The van der Waals surface area contributed by atoms with Gasteiger partial charge in [0, 0.05) is 41.9 Å². The largest absolute Gasteiger partial charge is 0.416 e. The first-order valence-electron chi connectivity index (χ1n) is 16.9. The summed E-state index contributed by atoms with van der Waals surface area (Å²) in [5.74, 6) is -1.19. The number of rotatable bonds is 8.